The molecule has 6 nitrogen and oxygen atoms in total. The van der Waals surface area contributed by atoms with Gasteiger partial charge in [0.05, 0.1) is 24.9 Å². The molecule has 1 rings (SSSR count). The van der Waals surface area contributed by atoms with Gasteiger partial charge in [-0.05, 0) is 32.1 Å². The Labute approximate surface area is 118 Å². The highest BCUT2D eigenvalue weighted by molar-refractivity contribution is 8.07. The van der Waals surface area contributed by atoms with Gasteiger partial charge in [0.15, 0.2) is 0 Å². The summed E-state index contributed by atoms with van der Waals surface area (Å²) in [4.78, 5) is 23.2. The maximum absolute atomic E-state index is 11.7. The molecule has 0 spiro atoms. The van der Waals surface area contributed by atoms with Crippen LogP contribution in [0.2, 0.25) is 0 Å². The van der Waals surface area contributed by atoms with Gasteiger partial charge >= 0.3 is 6.72 Å². The van der Waals surface area contributed by atoms with Crippen molar-refractivity contribution in [1.82, 2.24) is 4.90 Å². The molecule has 1 amide bonds. The van der Waals surface area contributed by atoms with Gasteiger partial charge in [0, 0.05) is 13.0 Å². The molecule has 1 heterocycles. The van der Waals surface area contributed by atoms with E-state index in [4.69, 9.17) is 20.9 Å². The zero-order valence-electron chi connectivity index (χ0n) is 11.5. The monoisotopic (exact) mass is 311 g/mol. The average molecular weight is 311 g/mol. The number of nitrogens with zero attached hydrogens (tertiary/aromatic N) is 1. The molecule has 3 atom stereocenters. The normalized spacial score (nSPS) is 26.7. The second-order valence-electron chi connectivity index (χ2n) is 4.82. The predicted molar refractivity (Wildman–Crippen MR) is 75.1 cm³/mol. The second kappa shape index (κ2) is 7.11. The van der Waals surface area contributed by atoms with Gasteiger partial charge in [0.25, 0.3) is 0 Å². The van der Waals surface area contributed by atoms with E-state index in [1.165, 1.54) is 0 Å². The molecule has 1 fully saturated rings. The van der Waals surface area contributed by atoms with Gasteiger partial charge < -0.3 is 23.9 Å². The minimum Gasteiger partial charge on any atom is -0.394 e. The molecule has 112 valence electrons. The summed E-state index contributed by atoms with van der Waals surface area (Å²) in [6.45, 7) is 2.22. The van der Waals surface area contributed by atoms with Crippen LogP contribution in [-0.2, 0) is 25.6 Å². The van der Waals surface area contributed by atoms with E-state index in [0.717, 1.165) is 0 Å². The molecule has 0 aliphatic carbocycles. The molecule has 0 bridgehead atoms. The zero-order chi connectivity index (χ0) is 14.6. The molecule has 2 N–H and O–H groups in total. The third-order valence-corrected chi connectivity index (χ3v) is 4.60. The largest absolute Gasteiger partial charge is 0.394 e. The van der Waals surface area contributed by atoms with Gasteiger partial charge in [-0.3, -0.25) is 4.79 Å². The number of rotatable bonds is 6. The van der Waals surface area contributed by atoms with Crippen molar-refractivity contribution in [2.75, 3.05) is 13.2 Å². The predicted octanol–water partition coefficient (Wildman–Crippen LogP) is 1.02. The maximum atomic E-state index is 11.7. The first kappa shape index (κ1) is 17.0. The van der Waals surface area contributed by atoms with Crippen molar-refractivity contribution in [3.63, 3.8) is 0 Å². The van der Waals surface area contributed by atoms with Gasteiger partial charge in [-0.2, -0.15) is 0 Å². The van der Waals surface area contributed by atoms with E-state index in [-0.39, 0.29) is 30.8 Å². The lowest BCUT2D eigenvalue weighted by molar-refractivity contribution is -0.132. The number of carbonyl (C=O) groups is 1. The number of hydrogen-bond donors (Lipinski definition) is 2. The topological polar surface area (TPSA) is 79.2 Å². The summed E-state index contributed by atoms with van der Waals surface area (Å²) >= 11 is 4.92. The summed E-state index contributed by atoms with van der Waals surface area (Å²) in [6, 6.07) is -0.272. The highest BCUT2D eigenvalue weighted by Crippen LogP contribution is 2.47. The van der Waals surface area contributed by atoms with Crippen LogP contribution in [0.5, 0.6) is 0 Å². The minimum absolute atomic E-state index is 0.0406. The molecule has 1 aliphatic heterocycles. The van der Waals surface area contributed by atoms with Crippen LogP contribution in [0.3, 0.4) is 0 Å². The van der Waals surface area contributed by atoms with E-state index in [1.54, 1.807) is 25.7 Å². The summed E-state index contributed by atoms with van der Waals surface area (Å²) in [5, 5.41) is 9.28. The number of hydrogen-bond acceptors (Lipinski definition) is 5. The second-order valence-corrected chi connectivity index (χ2v) is 7.56. The van der Waals surface area contributed by atoms with E-state index in [2.05, 4.69) is 0 Å². The molecule has 1 saturated heterocycles. The molecule has 0 aromatic heterocycles. The van der Waals surface area contributed by atoms with Crippen molar-refractivity contribution in [2.45, 2.75) is 51.9 Å². The van der Waals surface area contributed by atoms with Gasteiger partial charge in [-0.1, -0.05) is 6.92 Å². The molecule has 19 heavy (non-hydrogen) atoms. The lowest BCUT2D eigenvalue weighted by Gasteiger charge is -2.23. The van der Waals surface area contributed by atoms with Crippen LogP contribution in [0, 0.1) is 0 Å². The minimum atomic E-state index is -3.29. The summed E-state index contributed by atoms with van der Waals surface area (Å²) < 4.78 is 10.6. The van der Waals surface area contributed by atoms with E-state index in [1.807, 2.05) is 0 Å². The number of likely N-dealkylation sites (tertiary alicyclic amines) is 1. The summed E-state index contributed by atoms with van der Waals surface area (Å²) in [6.07, 6.45) is 0.225. The van der Waals surface area contributed by atoms with Crippen molar-refractivity contribution in [3.8, 4) is 0 Å². The lowest BCUT2D eigenvalue weighted by atomic mass is 10.2. The number of carbonyl (C=O) groups excluding carboxylic acids is 1. The van der Waals surface area contributed by atoms with E-state index >= 15 is 0 Å². The Balaban J connectivity index is 2.63. The third-order valence-electron chi connectivity index (χ3n) is 2.84. The van der Waals surface area contributed by atoms with Crippen LogP contribution in [0.15, 0.2) is 0 Å². The fourth-order valence-corrected chi connectivity index (χ4v) is 4.10. The summed E-state index contributed by atoms with van der Waals surface area (Å²) in [5.41, 5.74) is 0. The molecule has 1 aliphatic rings. The van der Waals surface area contributed by atoms with Crippen LogP contribution in [-0.4, -0.2) is 52.2 Å². The molecule has 0 aromatic carbocycles. The number of aliphatic hydroxyl groups is 1. The Morgan fingerprint density at radius 3 is 2.68 bits per heavy atom. The highest BCUT2D eigenvalue weighted by Gasteiger charge is 2.37. The lowest BCUT2D eigenvalue weighted by Crippen LogP contribution is -2.37. The molecule has 0 aromatic rings. The molecule has 3 unspecified atom stereocenters. The summed E-state index contributed by atoms with van der Waals surface area (Å²) in [5.74, 6) is -0.0406. The number of amides is 1. The molecule has 0 saturated carbocycles. The van der Waals surface area contributed by atoms with Gasteiger partial charge in [-0.15, -0.1) is 0 Å². The Hall–Kier alpha value is -0.0400. The Bertz CT molecular complexity index is 365. The van der Waals surface area contributed by atoms with Crippen molar-refractivity contribution in [3.05, 3.63) is 0 Å². The van der Waals surface area contributed by atoms with E-state index in [0.29, 0.717) is 19.4 Å². The SMILES string of the molecule is CCC(=O)N1CC(OP(O)(=S)OC(C)C)CC1CO. The van der Waals surface area contributed by atoms with E-state index < -0.39 is 6.72 Å². The molecule has 0 radical (unpaired) electrons. The fraction of sp³-hybridized carbons (Fsp3) is 0.909. The van der Waals surface area contributed by atoms with Crippen LogP contribution >= 0.6 is 6.72 Å². The Morgan fingerprint density at radius 1 is 1.58 bits per heavy atom. The molecular weight excluding hydrogens is 289 g/mol. The first-order valence-electron chi connectivity index (χ1n) is 6.39. The van der Waals surface area contributed by atoms with Gasteiger partial charge in [-0.25, -0.2) is 0 Å². The van der Waals surface area contributed by atoms with Crippen LogP contribution in [0.25, 0.3) is 0 Å². The first-order chi connectivity index (χ1) is 8.79. The smallest absolute Gasteiger partial charge is 0.325 e. The summed E-state index contributed by atoms with van der Waals surface area (Å²) in [7, 11) is 0. The van der Waals surface area contributed by atoms with Crippen molar-refractivity contribution >= 4 is 24.4 Å². The van der Waals surface area contributed by atoms with Crippen molar-refractivity contribution in [1.29, 1.82) is 0 Å². The third kappa shape index (κ3) is 5.10. The van der Waals surface area contributed by atoms with Crippen LogP contribution in [0.4, 0.5) is 0 Å². The van der Waals surface area contributed by atoms with Gasteiger partial charge in [0.1, 0.15) is 0 Å². The zero-order valence-corrected chi connectivity index (χ0v) is 13.2. The van der Waals surface area contributed by atoms with Crippen molar-refractivity contribution < 1.29 is 23.8 Å². The maximum Gasteiger partial charge on any atom is 0.325 e. The molecular formula is C11H22NO5PS. The average Bonchev–Trinajstić information content (AvgIpc) is 2.68. The highest BCUT2D eigenvalue weighted by atomic mass is 32.5. The first-order valence-corrected chi connectivity index (χ1v) is 8.98. The quantitative estimate of drug-likeness (QED) is 0.713. The van der Waals surface area contributed by atoms with Crippen molar-refractivity contribution in [2.24, 2.45) is 0 Å². The standard InChI is InChI=1S/C11H22NO5PS/c1-4-11(14)12-6-10(5-9(12)7-13)17-18(15,19)16-8(2)3/h8-10,13H,4-7H2,1-3H3,(H,15,19). The Morgan fingerprint density at radius 2 is 2.21 bits per heavy atom. The molecule has 8 heteroatoms. The van der Waals surface area contributed by atoms with Crippen LogP contribution < -0.4 is 0 Å². The Kier molecular flexibility index (Phi) is 6.36. The fourth-order valence-electron chi connectivity index (χ4n) is 2.11. The van der Waals surface area contributed by atoms with Crippen LogP contribution in [0.1, 0.15) is 33.6 Å². The number of aliphatic hydroxyl groups excluding tert-OH is 1. The van der Waals surface area contributed by atoms with E-state index in [9.17, 15) is 14.8 Å². The van der Waals surface area contributed by atoms with Gasteiger partial charge in [0.2, 0.25) is 5.91 Å².